The minimum Gasteiger partial charge on any atom is -0.388 e. The maximum atomic E-state index is 11.9. The predicted molar refractivity (Wildman–Crippen MR) is 150 cm³/mol. The molecule has 2 atom stereocenters. The van der Waals surface area contributed by atoms with Gasteiger partial charge in [0, 0.05) is 6.61 Å². The Hall–Kier alpha value is -0.0100. The summed E-state index contributed by atoms with van der Waals surface area (Å²) < 4.78 is 28.2. The van der Waals surface area contributed by atoms with Crippen molar-refractivity contribution in [2.45, 2.75) is 129 Å². The van der Waals surface area contributed by atoms with Crippen LogP contribution in [-0.4, -0.2) is 74.7 Å². The van der Waals surface area contributed by atoms with Crippen LogP contribution >= 0.6 is 7.82 Å². The number of hydrogen-bond donors (Lipinski definition) is 2. The van der Waals surface area contributed by atoms with Gasteiger partial charge in [-0.1, -0.05) is 96.8 Å². The van der Waals surface area contributed by atoms with E-state index in [4.69, 9.17) is 13.8 Å². The van der Waals surface area contributed by atoms with E-state index < -0.39 is 13.9 Å². The lowest BCUT2D eigenvalue weighted by atomic mass is 10.0. The van der Waals surface area contributed by atoms with E-state index in [-0.39, 0.29) is 19.8 Å². The lowest BCUT2D eigenvalue weighted by Gasteiger charge is -2.23. The van der Waals surface area contributed by atoms with E-state index in [0.29, 0.717) is 6.61 Å². The third kappa shape index (κ3) is 28.6. The van der Waals surface area contributed by atoms with Gasteiger partial charge in [0.2, 0.25) is 0 Å². The molecule has 218 valence electrons. The third-order valence-electron chi connectivity index (χ3n) is 6.36. The molecule has 36 heavy (non-hydrogen) atoms. The van der Waals surface area contributed by atoms with E-state index in [1.165, 1.54) is 77.0 Å². The van der Waals surface area contributed by atoms with Gasteiger partial charge >= 0.3 is 7.82 Å². The lowest BCUT2D eigenvalue weighted by molar-refractivity contribution is -0.870. The first-order valence-electron chi connectivity index (χ1n) is 14.8. The number of nitrogens with zero attached hydrogens (tertiary/aromatic N) is 1. The van der Waals surface area contributed by atoms with Crippen LogP contribution in [-0.2, 0) is 18.3 Å². The molecule has 0 amide bonds. The number of rotatable bonds is 28. The molecule has 2 unspecified atom stereocenters. The van der Waals surface area contributed by atoms with Crippen LogP contribution in [0.2, 0.25) is 0 Å². The van der Waals surface area contributed by atoms with Crippen LogP contribution in [0.25, 0.3) is 0 Å². The van der Waals surface area contributed by atoms with Crippen LogP contribution in [0.3, 0.4) is 0 Å². The first kappa shape index (κ1) is 36.0. The van der Waals surface area contributed by atoms with Crippen LogP contribution in [0.15, 0.2) is 0 Å². The number of ether oxygens (including phenoxy) is 1. The van der Waals surface area contributed by atoms with Crippen LogP contribution in [0.5, 0.6) is 0 Å². The molecule has 8 heteroatoms. The summed E-state index contributed by atoms with van der Waals surface area (Å²) in [5.74, 6) is 0. The van der Waals surface area contributed by atoms with Gasteiger partial charge in [-0.25, -0.2) is 4.57 Å². The summed E-state index contributed by atoms with van der Waals surface area (Å²) in [7, 11) is 2.38. The molecule has 0 aromatic rings. The van der Waals surface area contributed by atoms with Gasteiger partial charge in [-0.3, -0.25) is 9.05 Å². The molecule has 0 aliphatic carbocycles. The van der Waals surface area contributed by atoms with Gasteiger partial charge < -0.3 is 19.2 Å². The van der Waals surface area contributed by atoms with Gasteiger partial charge in [-0.2, -0.15) is 0 Å². The third-order valence-corrected chi connectivity index (χ3v) is 7.34. The minimum atomic E-state index is -4.12. The predicted octanol–water partition coefficient (Wildman–Crippen LogP) is 7.25. The Morgan fingerprint density at radius 1 is 0.639 bits per heavy atom. The van der Waals surface area contributed by atoms with Crippen LogP contribution in [0.4, 0.5) is 0 Å². The van der Waals surface area contributed by atoms with E-state index in [1.54, 1.807) is 0 Å². The fraction of sp³-hybridized carbons (Fsp3) is 1.00. The molecular formula is C28H61NO6P+. The number of unbranched alkanes of at least 4 members (excludes halogenated alkanes) is 16. The van der Waals surface area contributed by atoms with E-state index in [2.05, 4.69) is 28.1 Å². The summed E-state index contributed by atoms with van der Waals surface area (Å²) in [6, 6.07) is 0. The second-order valence-electron chi connectivity index (χ2n) is 11.4. The maximum Gasteiger partial charge on any atom is 0.472 e. The van der Waals surface area contributed by atoms with Crippen molar-refractivity contribution in [1.82, 2.24) is 0 Å². The van der Waals surface area contributed by atoms with Crippen molar-refractivity contribution in [3.05, 3.63) is 0 Å². The Kier molecular flexibility index (Phi) is 24.1. The number of aliphatic hydroxyl groups excluding tert-OH is 1. The smallest absolute Gasteiger partial charge is 0.388 e. The fourth-order valence-electron chi connectivity index (χ4n) is 4.11. The molecule has 0 radical (unpaired) electrons. The summed E-state index contributed by atoms with van der Waals surface area (Å²) in [4.78, 5) is 9.74. The summed E-state index contributed by atoms with van der Waals surface area (Å²) in [5.41, 5.74) is 0. The fourth-order valence-corrected chi connectivity index (χ4v) is 4.90. The first-order chi connectivity index (χ1) is 17.2. The van der Waals surface area contributed by atoms with Crippen molar-refractivity contribution in [3.8, 4) is 0 Å². The molecular weight excluding hydrogens is 477 g/mol. The molecule has 0 fully saturated rings. The van der Waals surface area contributed by atoms with Crippen molar-refractivity contribution >= 4 is 7.82 Å². The van der Waals surface area contributed by atoms with Crippen LogP contribution < -0.4 is 0 Å². The van der Waals surface area contributed by atoms with Crippen LogP contribution in [0, 0.1) is 0 Å². The van der Waals surface area contributed by atoms with Crippen molar-refractivity contribution in [3.63, 3.8) is 0 Å². The highest BCUT2D eigenvalue weighted by Crippen LogP contribution is 2.43. The van der Waals surface area contributed by atoms with E-state index >= 15 is 0 Å². The van der Waals surface area contributed by atoms with E-state index in [9.17, 15) is 14.6 Å². The monoisotopic (exact) mass is 538 g/mol. The number of hydrogen-bond acceptors (Lipinski definition) is 5. The molecule has 0 saturated carbocycles. The quantitative estimate of drug-likeness (QED) is 0.0620. The van der Waals surface area contributed by atoms with Gasteiger partial charge in [-0.15, -0.1) is 0 Å². The molecule has 0 heterocycles. The van der Waals surface area contributed by atoms with Crippen molar-refractivity contribution in [2.75, 3.05) is 54.1 Å². The normalized spacial score (nSPS) is 14.7. The SMILES string of the molecule is CCCCCCCCCCCCCCCCOCC(O)COP(=O)(O)OCCCCCC[N+](C)(C)C. The topological polar surface area (TPSA) is 85.2 Å². The molecule has 0 aliphatic heterocycles. The molecule has 0 bridgehead atoms. The highest BCUT2D eigenvalue weighted by atomic mass is 31.2. The molecule has 0 aromatic carbocycles. The summed E-state index contributed by atoms with van der Waals surface area (Å²) >= 11 is 0. The number of phosphoric acid groups is 1. The molecule has 0 saturated heterocycles. The van der Waals surface area contributed by atoms with Crippen LogP contribution in [0.1, 0.15) is 122 Å². The number of phosphoric ester groups is 1. The zero-order chi connectivity index (χ0) is 27.0. The van der Waals surface area contributed by atoms with Gasteiger partial charge in [0.25, 0.3) is 0 Å². The van der Waals surface area contributed by atoms with Gasteiger partial charge in [0.1, 0.15) is 6.10 Å². The Morgan fingerprint density at radius 3 is 1.58 bits per heavy atom. The molecule has 0 spiro atoms. The Balaban J connectivity index is 3.43. The molecule has 0 rings (SSSR count). The Bertz CT molecular complexity index is 515. The first-order valence-corrected chi connectivity index (χ1v) is 16.3. The molecule has 0 aromatic heterocycles. The van der Waals surface area contributed by atoms with Gasteiger partial charge in [-0.05, 0) is 25.7 Å². The van der Waals surface area contributed by atoms with Crippen molar-refractivity contribution in [2.24, 2.45) is 0 Å². The second-order valence-corrected chi connectivity index (χ2v) is 12.8. The summed E-state index contributed by atoms with van der Waals surface area (Å²) in [5, 5.41) is 9.92. The Morgan fingerprint density at radius 2 is 1.08 bits per heavy atom. The van der Waals surface area contributed by atoms with Gasteiger partial charge in [0.05, 0.1) is 47.5 Å². The highest BCUT2D eigenvalue weighted by molar-refractivity contribution is 7.47. The number of quaternary nitrogens is 1. The summed E-state index contributed by atoms with van der Waals surface area (Å²) in [6.07, 6.45) is 21.4. The van der Waals surface area contributed by atoms with Crippen molar-refractivity contribution in [1.29, 1.82) is 0 Å². The van der Waals surface area contributed by atoms with Crippen molar-refractivity contribution < 1.29 is 32.8 Å². The lowest BCUT2D eigenvalue weighted by Crippen LogP contribution is -2.35. The van der Waals surface area contributed by atoms with Gasteiger partial charge in [0.15, 0.2) is 0 Å². The summed E-state index contributed by atoms with van der Waals surface area (Å²) in [6.45, 7) is 3.99. The standard InChI is InChI=1S/C28H60NO6P/c1-5-6-7-8-9-10-11-12-13-14-15-16-18-21-24-33-26-28(30)27-35-36(31,32)34-25-22-19-17-20-23-29(2,3)4/h28,30H,5-27H2,1-4H3/p+1. The molecule has 0 aliphatic rings. The average Bonchev–Trinajstić information content (AvgIpc) is 2.81. The second kappa shape index (κ2) is 24.1. The zero-order valence-corrected chi connectivity index (χ0v) is 25.2. The minimum absolute atomic E-state index is 0.102. The zero-order valence-electron chi connectivity index (χ0n) is 24.3. The van der Waals surface area contributed by atoms with E-state index in [0.717, 1.165) is 49.6 Å². The molecule has 7 nitrogen and oxygen atoms in total. The van der Waals surface area contributed by atoms with E-state index in [1.807, 2.05) is 0 Å². The number of aliphatic hydroxyl groups is 1. The molecule has 2 N–H and O–H groups in total. The highest BCUT2D eigenvalue weighted by Gasteiger charge is 2.22. The average molecular weight is 539 g/mol. The largest absolute Gasteiger partial charge is 0.472 e. The maximum absolute atomic E-state index is 11.9. The Labute approximate surface area is 223 Å².